The topological polar surface area (TPSA) is 29.5 Å². The summed E-state index contributed by atoms with van der Waals surface area (Å²) in [7, 11) is 0. The number of hydrogen-bond acceptors (Lipinski definition) is 4. The molecule has 0 aliphatic heterocycles. The first-order valence-corrected chi connectivity index (χ1v) is 6.06. The van der Waals surface area contributed by atoms with Gasteiger partial charge in [0.25, 0.3) is 0 Å². The predicted molar refractivity (Wildman–Crippen MR) is 63.6 cm³/mol. The third-order valence-electron chi connectivity index (χ3n) is 1.53. The number of thiol groups is 1. The van der Waals surface area contributed by atoms with E-state index in [1.165, 1.54) is 0 Å². The third-order valence-corrected chi connectivity index (χ3v) is 2.68. The first-order valence-electron chi connectivity index (χ1n) is 4.44. The van der Waals surface area contributed by atoms with Crippen LogP contribution in [0.3, 0.4) is 0 Å². The van der Waals surface area contributed by atoms with Crippen molar-refractivity contribution in [2.45, 2.75) is 4.90 Å². The largest absolute Gasteiger partial charge is 0.493 e. The first kappa shape index (κ1) is 11.8. The van der Waals surface area contributed by atoms with E-state index in [0.29, 0.717) is 12.4 Å². The quantitative estimate of drug-likeness (QED) is 0.579. The van der Waals surface area contributed by atoms with E-state index in [1.807, 2.05) is 24.3 Å². The summed E-state index contributed by atoms with van der Waals surface area (Å²) in [5, 5.41) is 8.68. The maximum absolute atomic E-state index is 8.68. The van der Waals surface area contributed by atoms with Crippen molar-refractivity contribution in [2.24, 2.45) is 0 Å². The van der Waals surface area contributed by atoms with Gasteiger partial charge in [0.15, 0.2) is 0 Å². The van der Waals surface area contributed by atoms with Gasteiger partial charge in [-0.05, 0) is 18.2 Å². The summed E-state index contributed by atoms with van der Waals surface area (Å²) >= 11 is 5.69. The monoisotopic (exact) mass is 230 g/mol. The van der Waals surface area contributed by atoms with E-state index in [0.717, 1.165) is 16.4 Å². The number of rotatable bonds is 6. The fourth-order valence-corrected chi connectivity index (χ4v) is 1.77. The third kappa shape index (κ3) is 4.26. The molecule has 0 fully saturated rings. The molecule has 2 nitrogen and oxygen atoms in total. The Bertz CT molecular complexity index is 243. The number of aliphatic hydroxyl groups is 1. The van der Waals surface area contributed by atoms with Crippen LogP contribution in [0.15, 0.2) is 29.2 Å². The van der Waals surface area contributed by atoms with Crippen LogP contribution in [-0.4, -0.2) is 29.8 Å². The highest BCUT2D eigenvalue weighted by atomic mass is 32.2. The lowest BCUT2D eigenvalue weighted by molar-refractivity contribution is 0.322. The molecule has 0 spiro atoms. The van der Waals surface area contributed by atoms with Crippen molar-refractivity contribution in [2.75, 3.05) is 24.7 Å². The van der Waals surface area contributed by atoms with Gasteiger partial charge in [0, 0.05) is 16.4 Å². The van der Waals surface area contributed by atoms with Gasteiger partial charge in [0.1, 0.15) is 5.75 Å². The Kier molecular flexibility index (Phi) is 5.91. The van der Waals surface area contributed by atoms with E-state index in [4.69, 9.17) is 9.84 Å². The van der Waals surface area contributed by atoms with Gasteiger partial charge in [-0.15, -0.1) is 11.8 Å². The molecule has 1 aromatic rings. The van der Waals surface area contributed by atoms with Crippen molar-refractivity contribution in [1.29, 1.82) is 0 Å². The highest BCUT2D eigenvalue weighted by molar-refractivity contribution is 7.99. The molecule has 0 radical (unpaired) electrons. The molecule has 0 unspecified atom stereocenters. The predicted octanol–water partition coefficient (Wildman–Crippen LogP) is 2.08. The van der Waals surface area contributed by atoms with Crippen molar-refractivity contribution < 1.29 is 9.84 Å². The highest BCUT2D eigenvalue weighted by Crippen LogP contribution is 2.22. The number of aliphatic hydroxyl groups excluding tert-OH is 1. The summed E-state index contributed by atoms with van der Waals surface area (Å²) in [6.07, 6.45) is 0. The molecule has 0 aliphatic carbocycles. The summed E-state index contributed by atoms with van der Waals surface area (Å²) in [6, 6.07) is 7.86. The second kappa shape index (κ2) is 7.04. The van der Waals surface area contributed by atoms with E-state index >= 15 is 0 Å². The van der Waals surface area contributed by atoms with Gasteiger partial charge in [-0.1, -0.05) is 6.07 Å². The lowest BCUT2D eigenvalue weighted by Gasteiger charge is -2.05. The standard InChI is InChI=1S/C10H14O2S2/c11-4-7-14-10-3-1-2-9(8-10)12-5-6-13/h1-3,8,11,13H,4-7H2. The molecule has 0 amide bonds. The van der Waals surface area contributed by atoms with Crippen molar-refractivity contribution >= 4 is 24.4 Å². The lowest BCUT2D eigenvalue weighted by Crippen LogP contribution is -1.97. The van der Waals surface area contributed by atoms with Gasteiger partial charge in [0.05, 0.1) is 13.2 Å². The Balaban J connectivity index is 2.50. The van der Waals surface area contributed by atoms with Crippen LogP contribution in [-0.2, 0) is 0 Å². The SMILES string of the molecule is OCCSc1cccc(OCCS)c1. The van der Waals surface area contributed by atoms with Gasteiger partial charge < -0.3 is 9.84 Å². The second-order valence-corrected chi connectivity index (χ2v) is 4.23. The van der Waals surface area contributed by atoms with E-state index in [1.54, 1.807) is 11.8 Å². The van der Waals surface area contributed by atoms with E-state index in [2.05, 4.69) is 12.6 Å². The molecule has 0 aromatic heterocycles. The molecule has 0 aliphatic rings. The van der Waals surface area contributed by atoms with Crippen LogP contribution in [0, 0.1) is 0 Å². The maximum atomic E-state index is 8.68. The molecule has 0 atom stereocenters. The minimum Gasteiger partial charge on any atom is -0.493 e. The molecule has 1 N–H and O–H groups in total. The summed E-state index contributed by atoms with van der Waals surface area (Å²) in [6.45, 7) is 0.823. The number of thioether (sulfide) groups is 1. The summed E-state index contributed by atoms with van der Waals surface area (Å²) in [5.74, 6) is 2.30. The van der Waals surface area contributed by atoms with Crippen molar-refractivity contribution in [3.63, 3.8) is 0 Å². The van der Waals surface area contributed by atoms with Gasteiger partial charge in [-0.25, -0.2) is 0 Å². The van der Waals surface area contributed by atoms with Crippen LogP contribution < -0.4 is 4.74 Å². The summed E-state index contributed by atoms with van der Waals surface area (Å²) in [4.78, 5) is 1.12. The second-order valence-electron chi connectivity index (χ2n) is 2.62. The Hall–Kier alpha value is -0.320. The van der Waals surface area contributed by atoms with E-state index < -0.39 is 0 Å². The van der Waals surface area contributed by atoms with Crippen LogP contribution in [0.25, 0.3) is 0 Å². The average molecular weight is 230 g/mol. The minimum atomic E-state index is 0.201. The Morgan fingerprint density at radius 1 is 1.43 bits per heavy atom. The van der Waals surface area contributed by atoms with Crippen LogP contribution in [0.5, 0.6) is 5.75 Å². The Morgan fingerprint density at radius 3 is 3.00 bits per heavy atom. The molecular weight excluding hydrogens is 216 g/mol. The van der Waals surface area contributed by atoms with Gasteiger partial charge in [-0.3, -0.25) is 0 Å². The Morgan fingerprint density at radius 2 is 2.29 bits per heavy atom. The smallest absolute Gasteiger partial charge is 0.120 e. The normalized spacial score (nSPS) is 10.1. The molecule has 1 rings (SSSR count). The fourth-order valence-electron chi connectivity index (χ4n) is 0.981. The van der Waals surface area contributed by atoms with Crippen LogP contribution in [0.4, 0.5) is 0 Å². The minimum absolute atomic E-state index is 0.201. The fraction of sp³-hybridized carbons (Fsp3) is 0.400. The van der Waals surface area contributed by atoms with Crippen LogP contribution in [0.2, 0.25) is 0 Å². The van der Waals surface area contributed by atoms with Crippen molar-refractivity contribution in [1.82, 2.24) is 0 Å². The van der Waals surface area contributed by atoms with Gasteiger partial charge in [-0.2, -0.15) is 12.6 Å². The molecule has 1 aromatic carbocycles. The van der Waals surface area contributed by atoms with Gasteiger partial charge >= 0.3 is 0 Å². The van der Waals surface area contributed by atoms with Gasteiger partial charge in [0.2, 0.25) is 0 Å². The molecule has 14 heavy (non-hydrogen) atoms. The zero-order chi connectivity index (χ0) is 10.2. The molecule has 0 saturated heterocycles. The average Bonchev–Trinajstić information content (AvgIpc) is 2.24. The Labute approximate surface area is 94.1 Å². The van der Waals surface area contributed by atoms with Crippen molar-refractivity contribution in [3.05, 3.63) is 24.3 Å². The van der Waals surface area contributed by atoms with Crippen molar-refractivity contribution in [3.8, 4) is 5.75 Å². The molecule has 78 valence electrons. The van der Waals surface area contributed by atoms with E-state index in [9.17, 15) is 0 Å². The number of hydrogen-bond donors (Lipinski definition) is 2. The zero-order valence-electron chi connectivity index (χ0n) is 7.85. The van der Waals surface area contributed by atoms with Crippen LogP contribution >= 0.6 is 24.4 Å². The molecule has 0 bridgehead atoms. The first-order chi connectivity index (χ1) is 6.86. The molecular formula is C10H14O2S2. The summed E-state index contributed by atoms with van der Waals surface area (Å²) < 4.78 is 5.42. The number of benzene rings is 1. The molecule has 0 heterocycles. The highest BCUT2D eigenvalue weighted by Gasteiger charge is 1.96. The molecule has 0 saturated carbocycles. The summed E-state index contributed by atoms with van der Waals surface area (Å²) in [5.41, 5.74) is 0. The van der Waals surface area contributed by atoms with E-state index in [-0.39, 0.29) is 6.61 Å². The lowest BCUT2D eigenvalue weighted by atomic mass is 10.3. The number of ether oxygens (including phenoxy) is 1. The van der Waals surface area contributed by atoms with Crippen LogP contribution in [0.1, 0.15) is 0 Å². The zero-order valence-corrected chi connectivity index (χ0v) is 9.56. The maximum Gasteiger partial charge on any atom is 0.120 e. The molecule has 4 heteroatoms.